The lowest BCUT2D eigenvalue weighted by Gasteiger charge is -2.17. The Labute approximate surface area is 194 Å². The molecule has 4 aromatic rings. The molecule has 0 amide bonds. The van der Waals surface area contributed by atoms with Crippen molar-refractivity contribution < 1.29 is 13.2 Å². The monoisotopic (exact) mass is 513 g/mol. The molecule has 0 saturated heterocycles. The van der Waals surface area contributed by atoms with Crippen LogP contribution < -0.4 is 9.46 Å². The molecular weight excluding hydrogens is 494 g/mol. The van der Waals surface area contributed by atoms with Crippen molar-refractivity contribution in [2.75, 3.05) is 11.8 Å². The third-order valence-corrected chi connectivity index (χ3v) is 7.77. The van der Waals surface area contributed by atoms with Gasteiger partial charge in [-0.05, 0) is 35.9 Å². The summed E-state index contributed by atoms with van der Waals surface area (Å²) in [7, 11) is -2.11. The van der Waals surface area contributed by atoms with Crippen molar-refractivity contribution in [3.63, 3.8) is 0 Å². The van der Waals surface area contributed by atoms with Crippen LogP contribution in [-0.4, -0.2) is 15.5 Å². The fraction of sp³-hybridized carbons (Fsp3) is 0.0833. The number of sulfonamides is 1. The molecule has 0 atom stereocenters. The zero-order valence-electron chi connectivity index (χ0n) is 16.7. The summed E-state index contributed by atoms with van der Waals surface area (Å²) in [4.78, 5) is 1.08. The maximum absolute atomic E-state index is 13.0. The Morgan fingerprint density at radius 1 is 0.903 bits per heavy atom. The molecule has 0 saturated carbocycles. The summed E-state index contributed by atoms with van der Waals surface area (Å²) >= 11 is 4.95. The minimum atomic E-state index is -3.75. The van der Waals surface area contributed by atoms with Gasteiger partial charge in [0.25, 0.3) is 10.0 Å². The number of anilines is 1. The molecule has 0 radical (unpaired) electrons. The van der Waals surface area contributed by atoms with Gasteiger partial charge in [-0.3, -0.25) is 4.72 Å². The molecule has 31 heavy (non-hydrogen) atoms. The van der Waals surface area contributed by atoms with E-state index in [1.807, 2.05) is 48.5 Å². The summed E-state index contributed by atoms with van der Waals surface area (Å²) in [6.07, 6.45) is 0. The van der Waals surface area contributed by atoms with Crippen molar-refractivity contribution >= 4 is 54.2 Å². The molecule has 4 rings (SSSR count). The van der Waals surface area contributed by atoms with Gasteiger partial charge in [0, 0.05) is 21.0 Å². The van der Waals surface area contributed by atoms with Crippen LogP contribution in [-0.2, 0) is 15.8 Å². The number of halogens is 1. The van der Waals surface area contributed by atoms with Crippen LogP contribution in [0.3, 0.4) is 0 Å². The Kier molecular flexibility index (Phi) is 6.55. The summed E-state index contributed by atoms with van der Waals surface area (Å²) in [6.45, 7) is 0. The molecule has 0 bridgehead atoms. The Hall–Kier alpha value is -2.48. The second-order valence-corrected chi connectivity index (χ2v) is 10.5. The Morgan fingerprint density at radius 2 is 1.55 bits per heavy atom. The summed E-state index contributed by atoms with van der Waals surface area (Å²) in [5.74, 6) is 1.48. The normalized spacial score (nSPS) is 11.4. The highest BCUT2D eigenvalue weighted by Crippen LogP contribution is 2.42. The van der Waals surface area contributed by atoms with Crippen molar-refractivity contribution in [1.29, 1.82) is 0 Å². The second-order valence-electron chi connectivity index (χ2n) is 6.83. The van der Waals surface area contributed by atoms with Crippen LogP contribution in [0.2, 0.25) is 0 Å². The fourth-order valence-electron chi connectivity index (χ4n) is 3.28. The SMILES string of the molecule is COc1c(SCc2ccccc2)cc(NS(=O)(=O)c2ccc(Br)cc2)c2ccccc12. The zero-order chi connectivity index (χ0) is 21.8. The third kappa shape index (κ3) is 4.89. The van der Waals surface area contributed by atoms with Gasteiger partial charge in [0.2, 0.25) is 0 Å². The number of hydrogen-bond acceptors (Lipinski definition) is 4. The van der Waals surface area contributed by atoms with E-state index >= 15 is 0 Å². The molecule has 4 aromatic carbocycles. The maximum atomic E-state index is 13.0. The summed E-state index contributed by atoms with van der Waals surface area (Å²) in [5, 5.41) is 1.64. The van der Waals surface area contributed by atoms with Crippen molar-refractivity contribution in [3.8, 4) is 5.75 Å². The van der Waals surface area contributed by atoms with E-state index in [0.717, 1.165) is 31.6 Å². The predicted octanol–water partition coefficient (Wildman–Crippen LogP) is 6.70. The van der Waals surface area contributed by atoms with Gasteiger partial charge in [-0.2, -0.15) is 0 Å². The van der Waals surface area contributed by atoms with Crippen LogP contribution in [0, 0.1) is 0 Å². The van der Waals surface area contributed by atoms with Crippen molar-refractivity contribution in [2.24, 2.45) is 0 Å². The number of hydrogen-bond donors (Lipinski definition) is 1. The zero-order valence-corrected chi connectivity index (χ0v) is 19.9. The molecule has 7 heteroatoms. The van der Waals surface area contributed by atoms with Gasteiger partial charge in [0.1, 0.15) is 5.75 Å². The van der Waals surface area contributed by atoms with E-state index in [1.54, 1.807) is 43.1 Å². The van der Waals surface area contributed by atoms with Crippen molar-refractivity contribution in [2.45, 2.75) is 15.5 Å². The maximum Gasteiger partial charge on any atom is 0.261 e. The standard InChI is InChI=1S/C24H20BrNO3S2/c1-29-24-21-10-6-5-9-20(21)22(15-23(24)30-16-17-7-3-2-4-8-17)26-31(27,28)19-13-11-18(25)12-14-19/h2-15,26H,16H2,1H3. The molecule has 0 heterocycles. The van der Waals surface area contributed by atoms with Gasteiger partial charge in [-0.25, -0.2) is 8.42 Å². The molecule has 0 aliphatic rings. The van der Waals surface area contributed by atoms with E-state index in [1.165, 1.54) is 5.56 Å². The summed E-state index contributed by atoms with van der Waals surface area (Å²) < 4.78 is 35.4. The van der Waals surface area contributed by atoms with E-state index in [2.05, 4.69) is 32.8 Å². The first-order valence-electron chi connectivity index (χ1n) is 9.53. The Balaban J connectivity index is 1.76. The first-order chi connectivity index (χ1) is 15.0. The van der Waals surface area contributed by atoms with Gasteiger partial charge in [0.15, 0.2) is 0 Å². The van der Waals surface area contributed by atoms with Crippen LogP contribution in [0.5, 0.6) is 5.75 Å². The van der Waals surface area contributed by atoms with Gasteiger partial charge >= 0.3 is 0 Å². The van der Waals surface area contributed by atoms with Crippen LogP contribution in [0.25, 0.3) is 10.8 Å². The molecule has 4 nitrogen and oxygen atoms in total. The fourth-order valence-corrected chi connectivity index (χ4v) is 5.65. The Morgan fingerprint density at radius 3 is 2.23 bits per heavy atom. The minimum Gasteiger partial charge on any atom is -0.495 e. The first kappa shape index (κ1) is 21.7. The lowest BCUT2D eigenvalue weighted by Crippen LogP contribution is -2.13. The quantitative estimate of drug-likeness (QED) is 0.279. The van der Waals surface area contributed by atoms with Crippen LogP contribution >= 0.6 is 27.7 Å². The van der Waals surface area contributed by atoms with Crippen molar-refractivity contribution in [3.05, 3.63) is 95.0 Å². The number of thioether (sulfide) groups is 1. The van der Waals surface area contributed by atoms with Gasteiger partial charge < -0.3 is 4.74 Å². The predicted molar refractivity (Wildman–Crippen MR) is 131 cm³/mol. The number of benzene rings is 4. The van der Waals surface area contributed by atoms with Gasteiger partial charge in [-0.15, -0.1) is 11.8 Å². The van der Waals surface area contributed by atoms with Gasteiger partial charge in [-0.1, -0.05) is 70.5 Å². The molecule has 158 valence electrons. The largest absolute Gasteiger partial charge is 0.495 e. The molecule has 0 fully saturated rings. The second kappa shape index (κ2) is 9.34. The molecule has 0 spiro atoms. The number of methoxy groups -OCH3 is 1. The van der Waals surface area contributed by atoms with E-state index in [9.17, 15) is 8.42 Å². The van der Waals surface area contributed by atoms with Crippen LogP contribution in [0.1, 0.15) is 5.56 Å². The Bertz CT molecular complexity index is 1310. The molecule has 0 unspecified atom stereocenters. The van der Waals surface area contributed by atoms with Crippen LogP contribution in [0.4, 0.5) is 5.69 Å². The third-order valence-electron chi connectivity index (χ3n) is 4.77. The molecule has 0 aromatic heterocycles. The van der Waals surface area contributed by atoms with Crippen LogP contribution in [0.15, 0.2) is 99.2 Å². The average molecular weight is 514 g/mol. The van der Waals surface area contributed by atoms with Gasteiger partial charge in [0.05, 0.1) is 22.6 Å². The molecular formula is C24H20BrNO3S2. The lowest BCUT2D eigenvalue weighted by atomic mass is 10.1. The number of rotatable bonds is 7. The van der Waals surface area contributed by atoms with E-state index in [-0.39, 0.29) is 4.90 Å². The summed E-state index contributed by atoms with van der Waals surface area (Å²) in [6, 6.07) is 26.2. The summed E-state index contributed by atoms with van der Waals surface area (Å²) in [5.41, 5.74) is 1.70. The minimum absolute atomic E-state index is 0.203. The molecule has 1 N–H and O–H groups in total. The van der Waals surface area contributed by atoms with E-state index in [0.29, 0.717) is 5.69 Å². The smallest absolute Gasteiger partial charge is 0.261 e. The van der Waals surface area contributed by atoms with Crippen molar-refractivity contribution in [1.82, 2.24) is 0 Å². The highest BCUT2D eigenvalue weighted by molar-refractivity contribution is 9.10. The highest BCUT2D eigenvalue weighted by Gasteiger charge is 2.19. The average Bonchev–Trinajstić information content (AvgIpc) is 2.78. The van der Waals surface area contributed by atoms with E-state index < -0.39 is 10.0 Å². The first-order valence-corrected chi connectivity index (χ1v) is 12.8. The molecule has 0 aliphatic carbocycles. The number of nitrogens with one attached hydrogen (secondary N) is 1. The topological polar surface area (TPSA) is 55.4 Å². The highest BCUT2D eigenvalue weighted by atomic mass is 79.9. The van der Waals surface area contributed by atoms with E-state index in [4.69, 9.17) is 4.74 Å². The lowest BCUT2D eigenvalue weighted by molar-refractivity contribution is 0.410. The number of fused-ring (bicyclic) bond motifs is 1. The molecule has 0 aliphatic heterocycles. The number of ether oxygens (including phenoxy) is 1.